The van der Waals surface area contributed by atoms with Gasteiger partial charge in [0.25, 0.3) is 0 Å². The highest BCUT2D eigenvalue weighted by molar-refractivity contribution is 5.73. The number of hydrogen-bond acceptors (Lipinski definition) is 3. The maximum Gasteiger partial charge on any atom is 0.320 e. The molecule has 0 aliphatic carbocycles. The van der Waals surface area contributed by atoms with E-state index >= 15 is 0 Å². The predicted octanol–water partition coefficient (Wildman–Crippen LogP) is 1.89. The number of nitrogens with one attached hydrogen (secondary N) is 1. The monoisotopic (exact) mass is 231 g/mol. The van der Waals surface area contributed by atoms with Crippen LogP contribution in [0.15, 0.2) is 0 Å². The van der Waals surface area contributed by atoms with Crippen LogP contribution in [0.3, 0.4) is 0 Å². The summed E-state index contributed by atoms with van der Waals surface area (Å²) in [6.45, 7) is 11.1. The third-order valence-electron chi connectivity index (χ3n) is 2.03. The lowest BCUT2D eigenvalue weighted by Crippen LogP contribution is -2.40. The molecule has 16 heavy (non-hydrogen) atoms. The molecule has 4 heteroatoms. The van der Waals surface area contributed by atoms with Gasteiger partial charge in [-0.1, -0.05) is 13.8 Å². The third-order valence-corrected chi connectivity index (χ3v) is 2.03. The Hall–Kier alpha value is -0.610. The molecule has 0 saturated heterocycles. The van der Waals surface area contributed by atoms with Crippen LogP contribution in [0.25, 0.3) is 0 Å². The van der Waals surface area contributed by atoms with Crippen LogP contribution in [0.1, 0.15) is 41.0 Å². The van der Waals surface area contributed by atoms with Gasteiger partial charge in [0.15, 0.2) is 0 Å². The van der Waals surface area contributed by atoms with Crippen molar-refractivity contribution in [1.29, 1.82) is 0 Å². The van der Waals surface area contributed by atoms with Gasteiger partial charge >= 0.3 is 5.97 Å². The summed E-state index contributed by atoms with van der Waals surface area (Å²) in [7, 11) is 0. The molecule has 0 radical (unpaired) electrons. The molecule has 0 aromatic rings. The second kappa shape index (κ2) is 6.86. The van der Waals surface area contributed by atoms with Crippen LogP contribution < -0.4 is 5.32 Å². The Morgan fingerprint density at radius 2 is 1.94 bits per heavy atom. The van der Waals surface area contributed by atoms with Crippen LogP contribution in [0.4, 0.5) is 0 Å². The summed E-state index contributed by atoms with van der Waals surface area (Å²) in [6, 6.07) is -0.469. The summed E-state index contributed by atoms with van der Waals surface area (Å²) in [5, 5.41) is 12.0. The Morgan fingerprint density at radius 1 is 1.38 bits per heavy atom. The Bertz CT molecular complexity index is 209. The number of carboxylic acid groups (broad SMARTS) is 1. The van der Waals surface area contributed by atoms with E-state index in [1.165, 1.54) is 0 Å². The molecule has 0 saturated carbocycles. The van der Waals surface area contributed by atoms with E-state index in [0.29, 0.717) is 25.5 Å². The minimum atomic E-state index is -0.788. The Labute approximate surface area is 98.4 Å². The summed E-state index contributed by atoms with van der Waals surface area (Å²) in [6.07, 6.45) is 0.644. The Kier molecular flexibility index (Phi) is 6.60. The van der Waals surface area contributed by atoms with E-state index in [9.17, 15) is 4.79 Å². The fraction of sp³-hybridized carbons (Fsp3) is 0.917. The molecule has 0 spiro atoms. The van der Waals surface area contributed by atoms with E-state index in [4.69, 9.17) is 9.84 Å². The van der Waals surface area contributed by atoms with Gasteiger partial charge in [0.2, 0.25) is 0 Å². The van der Waals surface area contributed by atoms with E-state index in [1.807, 2.05) is 34.6 Å². The molecule has 96 valence electrons. The molecule has 0 aliphatic heterocycles. The molecule has 0 bridgehead atoms. The summed E-state index contributed by atoms with van der Waals surface area (Å²) >= 11 is 0. The van der Waals surface area contributed by atoms with E-state index in [0.717, 1.165) is 0 Å². The van der Waals surface area contributed by atoms with Gasteiger partial charge in [-0.15, -0.1) is 0 Å². The standard InChI is InChI=1S/C12H25NO3/c1-9(2)8-10(11(14)15)13-6-7-16-12(3,4)5/h9-10,13H,6-8H2,1-5H3,(H,14,15). The van der Waals surface area contributed by atoms with Crippen molar-refractivity contribution >= 4 is 5.97 Å². The van der Waals surface area contributed by atoms with Crippen molar-refractivity contribution in [1.82, 2.24) is 5.32 Å². The Morgan fingerprint density at radius 3 is 2.31 bits per heavy atom. The number of ether oxygens (including phenoxy) is 1. The van der Waals surface area contributed by atoms with Crippen LogP contribution in [0, 0.1) is 5.92 Å². The molecule has 1 atom stereocenters. The molecule has 4 nitrogen and oxygen atoms in total. The summed E-state index contributed by atoms with van der Waals surface area (Å²) < 4.78 is 5.51. The number of hydrogen-bond donors (Lipinski definition) is 2. The lowest BCUT2D eigenvalue weighted by atomic mass is 10.0. The highest BCUT2D eigenvalue weighted by Gasteiger charge is 2.18. The van der Waals surface area contributed by atoms with Gasteiger partial charge in [-0.3, -0.25) is 4.79 Å². The van der Waals surface area contributed by atoms with Gasteiger partial charge in [-0.05, 0) is 33.1 Å². The first-order valence-electron chi connectivity index (χ1n) is 5.82. The first-order valence-corrected chi connectivity index (χ1v) is 5.82. The van der Waals surface area contributed by atoms with Gasteiger partial charge in [0.05, 0.1) is 12.2 Å². The molecule has 0 amide bonds. The zero-order valence-electron chi connectivity index (χ0n) is 11.0. The minimum absolute atomic E-state index is 0.168. The highest BCUT2D eigenvalue weighted by Crippen LogP contribution is 2.07. The fourth-order valence-corrected chi connectivity index (χ4v) is 1.33. The van der Waals surface area contributed by atoms with Crippen molar-refractivity contribution in [3.8, 4) is 0 Å². The minimum Gasteiger partial charge on any atom is -0.480 e. The summed E-state index contributed by atoms with van der Waals surface area (Å²) in [5.41, 5.74) is -0.168. The largest absolute Gasteiger partial charge is 0.480 e. The topological polar surface area (TPSA) is 58.6 Å². The van der Waals surface area contributed by atoms with Gasteiger partial charge in [0, 0.05) is 6.54 Å². The van der Waals surface area contributed by atoms with Crippen LogP contribution in [0.5, 0.6) is 0 Å². The molecule has 0 heterocycles. The average molecular weight is 231 g/mol. The predicted molar refractivity (Wildman–Crippen MR) is 64.6 cm³/mol. The average Bonchev–Trinajstić information content (AvgIpc) is 2.07. The smallest absolute Gasteiger partial charge is 0.320 e. The van der Waals surface area contributed by atoms with Crippen molar-refractivity contribution in [2.45, 2.75) is 52.7 Å². The van der Waals surface area contributed by atoms with Gasteiger partial charge in [0.1, 0.15) is 6.04 Å². The lowest BCUT2D eigenvalue weighted by Gasteiger charge is -2.21. The van der Waals surface area contributed by atoms with Crippen molar-refractivity contribution in [2.24, 2.45) is 5.92 Å². The molecular weight excluding hydrogens is 206 g/mol. The highest BCUT2D eigenvalue weighted by atomic mass is 16.5. The second-order valence-electron chi connectivity index (χ2n) is 5.44. The first-order chi connectivity index (χ1) is 7.22. The molecule has 0 rings (SSSR count). The van der Waals surface area contributed by atoms with E-state index < -0.39 is 12.0 Å². The maximum atomic E-state index is 10.9. The van der Waals surface area contributed by atoms with Gasteiger partial charge in [-0.2, -0.15) is 0 Å². The number of carboxylic acids is 1. The molecule has 1 unspecified atom stereocenters. The van der Waals surface area contributed by atoms with E-state index in [-0.39, 0.29) is 5.60 Å². The fourth-order valence-electron chi connectivity index (χ4n) is 1.33. The molecule has 0 aliphatic rings. The quantitative estimate of drug-likeness (QED) is 0.657. The normalized spacial score (nSPS) is 14.1. The molecule has 2 N–H and O–H groups in total. The second-order valence-corrected chi connectivity index (χ2v) is 5.44. The van der Waals surface area contributed by atoms with Crippen LogP contribution in [-0.4, -0.2) is 35.9 Å². The van der Waals surface area contributed by atoms with Crippen LogP contribution in [0.2, 0.25) is 0 Å². The third kappa shape index (κ3) is 8.68. The molecular formula is C12H25NO3. The van der Waals surface area contributed by atoms with Crippen molar-refractivity contribution in [2.75, 3.05) is 13.2 Å². The summed E-state index contributed by atoms with van der Waals surface area (Å²) in [4.78, 5) is 10.9. The van der Waals surface area contributed by atoms with Crippen molar-refractivity contribution in [3.05, 3.63) is 0 Å². The summed E-state index contributed by atoms with van der Waals surface area (Å²) in [5.74, 6) is -0.415. The molecule has 0 aromatic carbocycles. The SMILES string of the molecule is CC(C)CC(NCCOC(C)(C)C)C(=O)O. The molecule has 0 fully saturated rings. The maximum absolute atomic E-state index is 10.9. The zero-order valence-corrected chi connectivity index (χ0v) is 11.0. The first kappa shape index (κ1) is 15.4. The van der Waals surface area contributed by atoms with Crippen LogP contribution in [-0.2, 0) is 9.53 Å². The van der Waals surface area contributed by atoms with E-state index in [1.54, 1.807) is 0 Å². The number of aliphatic carboxylic acids is 1. The lowest BCUT2D eigenvalue weighted by molar-refractivity contribution is -0.140. The van der Waals surface area contributed by atoms with Crippen molar-refractivity contribution < 1.29 is 14.6 Å². The Balaban J connectivity index is 3.82. The van der Waals surface area contributed by atoms with Crippen molar-refractivity contribution in [3.63, 3.8) is 0 Å². The van der Waals surface area contributed by atoms with Gasteiger partial charge in [-0.25, -0.2) is 0 Å². The zero-order chi connectivity index (χ0) is 12.8. The van der Waals surface area contributed by atoms with Crippen LogP contribution >= 0.6 is 0 Å². The van der Waals surface area contributed by atoms with Gasteiger partial charge < -0.3 is 15.2 Å². The molecule has 0 aromatic heterocycles. The number of rotatable bonds is 7. The van der Waals surface area contributed by atoms with E-state index in [2.05, 4.69) is 5.32 Å². The number of carbonyl (C=O) groups is 1.